The van der Waals surface area contributed by atoms with E-state index in [1.807, 2.05) is 41.8 Å². The van der Waals surface area contributed by atoms with Gasteiger partial charge in [0.15, 0.2) is 0 Å². The summed E-state index contributed by atoms with van der Waals surface area (Å²) in [6, 6.07) is 11.1. The molecule has 3 amide bonds. The molecule has 1 aliphatic rings. The van der Waals surface area contributed by atoms with Crippen molar-refractivity contribution in [2.75, 3.05) is 20.7 Å². The number of likely N-dealkylation sites (N-methyl/N-ethyl adjacent to an activating group) is 1. The molecule has 2 aromatic rings. The number of methoxy groups -OCH3 is 1. The van der Waals surface area contributed by atoms with Crippen molar-refractivity contribution in [2.45, 2.75) is 6.54 Å². The summed E-state index contributed by atoms with van der Waals surface area (Å²) in [5.41, 5.74) is 0.850. The second-order valence-corrected chi connectivity index (χ2v) is 7.82. The summed E-state index contributed by atoms with van der Waals surface area (Å²) in [5.74, 6) is -0.0692. The van der Waals surface area contributed by atoms with Crippen LogP contribution in [-0.2, 0) is 16.1 Å². The number of imide groups is 1. The molecule has 3 rings (SSSR count). The number of hydrogen-bond acceptors (Lipinski definition) is 6. The Morgan fingerprint density at radius 1 is 1.22 bits per heavy atom. The number of thiophene rings is 1. The van der Waals surface area contributed by atoms with Crippen molar-refractivity contribution in [1.29, 1.82) is 0 Å². The van der Waals surface area contributed by atoms with Crippen molar-refractivity contribution in [3.63, 3.8) is 0 Å². The minimum absolute atomic E-state index is 0.280. The normalized spacial score (nSPS) is 15.5. The predicted molar refractivity (Wildman–Crippen MR) is 106 cm³/mol. The number of carbonyl (C=O) groups excluding carboxylic acids is 3. The van der Waals surface area contributed by atoms with Crippen LogP contribution in [0.4, 0.5) is 4.79 Å². The first kappa shape index (κ1) is 19.2. The Labute approximate surface area is 165 Å². The molecule has 140 valence electrons. The van der Waals surface area contributed by atoms with Crippen LogP contribution >= 0.6 is 23.1 Å². The van der Waals surface area contributed by atoms with Crippen LogP contribution in [0.5, 0.6) is 5.75 Å². The molecule has 0 N–H and O–H groups in total. The number of hydrogen-bond donors (Lipinski definition) is 0. The zero-order chi connectivity index (χ0) is 19.4. The van der Waals surface area contributed by atoms with Crippen LogP contribution in [0.1, 0.15) is 10.4 Å². The maximum absolute atomic E-state index is 12.5. The van der Waals surface area contributed by atoms with Gasteiger partial charge in [-0.05, 0) is 35.4 Å². The van der Waals surface area contributed by atoms with Gasteiger partial charge in [-0.15, -0.1) is 11.3 Å². The zero-order valence-corrected chi connectivity index (χ0v) is 16.5. The third-order valence-corrected chi connectivity index (χ3v) is 5.74. The minimum Gasteiger partial charge on any atom is -0.496 e. The van der Waals surface area contributed by atoms with E-state index < -0.39 is 11.1 Å². The van der Waals surface area contributed by atoms with Gasteiger partial charge in [-0.2, -0.15) is 0 Å². The van der Waals surface area contributed by atoms with Crippen LogP contribution in [0.25, 0.3) is 6.08 Å². The number of nitrogens with zero attached hydrogens (tertiary/aromatic N) is 2. The molecule has 0 spiro atoms. The number of thioether (sulfide) groups is 1. The Kier molecular flexibility index (Phi) is 5.98. The molecule has 6 nitrogen and oxygen atoms in total. The van der Waals surface area contributed by atoms with E-state index in [0.717, 1.165) is 27.1 Å². The molecule has 2 heterocycles. The molecule has 0 bridgehead atoms. The largest absolute Gasteiger partial charge is 0.496 e. The van der Waals surface area contributed by atoms with Crippen molar-refractivity contribution in [2.24, 2.45) is 0 Å². The van der Waals surface area contributed by atoms with E-state index in [-0.39, 0.29) is 12.5 Å². The van der Waals surface area contributed by atoms with E-state index in [1.54, 1.807) is 20.2 Å². The van der Waals surface area contributed by atoms with Crippen molar-refractivity contribution in [1.82, 2.24) is 9.80 Å². The van der Waals surface area contributed by atoms with Gasteiger partial charge in [0.1, 0.15) is 12.3 Å². The lowest BCUT2D eigenvalue weighted by Crippen LogP contribution is -2.40. The first-order chi connectivity index (χ1) is 13.0. The minimum atomic E-state index is -0.433. The van der Waals surface area contributed by atoms with E-state index in [2.05, 4.69) is 0 Å². The predicted octanol–water partition coefficient (Wildman–Crippen LogP) is 3.45. The summed E-state index contributed by atoms with van der Waals surface area (Å²) >= 11 is 2.34. The van der Waals surface area contributed by atoms with Gasteiger partial charge in [-0.1, -0.05) is 24.3 Å². The van der Waals surface area contributed by atoms with Gasteiger partial charge in [0.25, 0.3) is 11.1 Å². The fourth-order valence-electron chi connectivity index (χ4n) is 2.57. The molecule has 1 aromatic carbocycles. The van der Waals surface area contributed by atoms with Gasteiger partial charge in [0.05, 0.1) is 12.0 Å². The molecular weight excluding hydrogens is 384 g/mol. The lowest BCUT2D eigenvalue weighted by atomic mass is 10.2. The standard InChI is InChI=1S/C19H18N2O4S2/c1-20(11-13-6-3-4-8-15(13)25-2)17(22)12-21-18(23)16(27-19(21)24)10-14-7-5-9-26-14/h3-10H,11-12H2,1-2H3/b16-10+. The van der Waals surface area contributed by atoms with Crippen LogP contribution in [0.15, 0.2) is 46.7 Å². The summed E-state index contributed by atoms with van der Waals surface area (Å²) in [7, 11) is 3.20. The first-order valence-corrected chi connectivity index (χ1v) is 9.84. The Morgan fingerprint density at radius 3 is 2.70 bits per heavy atom. The third kappa shape index (κ3) is 4.40. The van der Waals surface area contributed by atoms with Crippen LogP contribution in [0.3, 0.4) is 0 Å². The molecule has 8 heteroatoms. The summed E-state index contributed by atoms with van der Waals surface area (Å²) < 4.78 is 5.29. The fourth-order valence-corrected chi connectivity index (χ4v) is 4.13. The average molecular weight is 402 g/mol. The van der Waals surface area contributed by atoms with E-state index >= 15 is 0 Å². The molecular formula is C19H18N2O4S2. The van der Waals surface area contributed by atoms with Gasteiger partial charge < -0.3 is 9.64 Å². The number of ether oxygens (including phenoxy) is 1. The van der Waals surface area contributed by atoms with Crippen molar-refractivity contribution in [3.8, 4) is 5.75 Å². The van der Waals surface area contributed by atoms with E-state index in [4.69, 9.17) is 4.74 Å². The lowest BCUT2D eigenvalue weighted by molar-refractivity contribution is -0.135. The molecule has 27 heavy (non-hydrogen) atoms. The van der Waals surface area contributed by atoms with E-state index in [9.17, 15) is 14.4 Å². The molecule has 1 aliphatic heterocycles. The van der Waals surface area contributed by atoms with Crippen LogP contribution < -0.4 is 4.74 Å². The van der Waals surface area contributed by atoms with Crippen molar-refractivity contribution < 1.29 is 19.1 Å². The molecule has 1 fully saturated rings. The highest BCUT2D eigenvalue weighted by molar-refractivity contribution is 8.18. The Bertz CT molecular complexity index is 893. The lowest BCUT2D eigenvalue weighted by Gasteiger charge is -2.21. The first-order valence-electron chi connectivity index (χ1n) is 8.14. The van der Waals surface area contributed by atoms with Crippen LogP contribution in [0.2, 0.25) is 0 Å². The van der Waals surface area contributed by atoms with Gasteiger partial charge in [0, 0.05) is 24.0 Å². The number of benzene rings is 1. The van der Waals surface area contributed by atoms with Crippen molar-refractivity contribution >= 4 is 46.2 Å². The maximum Gasteiger partial charge on any atom is 0.294 e. The number of carbonyl (C=O) groups is 3. The van der Waals surface area contributed by atoms with Crippen LogP contribution in [-0.4, -0.2) is 47.6 Å². The van der Waals surface area contributed by atoms with Gasteiger partial charge >= 0.3 is 0 Å². The second kappa shape index (κ2) is 8.41. The highest BCUT2D eigenvalue weighted by atomic mass is 32.2. The Hall–Kier alpha value is -2.58. The topological polar surface area (TPSA) is 66.9 Å². The molecule has 1 saturated heterocycles. The van der Waals surface area contributed by atoms with Crippen molar-refractivity contribution in [3.05, 3.63) is 57.1 Å². The summed E-state index contributed by atoms with van der Waals surface area (Å²) in [4.78, 5) is 40.9. The monoisotopic (exact) mass is 402 g/mol. The Morgan fingerprint density at radius 2 is 2.00 bits per heavy atom. The van der Waals surface area contributed by atoms with Gasteiger partial charge in [-0.25, -0.2) is 0 Å². The second-order valence-electron chi connectivity index (χ2n) is 5.84. The summed E-state index contributed by atoms with van der Waals surface area (Å²) in [6.07, 6.45) is 1.68. The molecule has 0 radical (unpaired) electrons. The zero-order valence-electron chi connectivity index (χ0n) is 14.9. The SMILES string of the molecule is COc1ccccc1CN(C)C(=O)CN1C(=O)S/C(=C/c2cccs2)C1=O. The molecule has 0 aliphatic carbocycles. The third-order valence-electron chi connectivity index (χ3n) is 4.01. The number of rotatable bonds is 6. The fraction of sp³-hybridized carbons (Fsp3) is 0.211. The average Bonchev–Trinajstić information content (AvgIpc) is 3.26. The molecule has 0 unspecified atom stereocenters. The molecule has 0 atom stereocenters. The Balaban J connectivity index is 1.66. The number of para-hydroxylation sites is 1. The highest BCUT2D eigenvalue weighted by Crippen LogP contribution is 2.33. The molecule has 1 aromatic heterocycles. The summed E-state index contributed by atoms with van der Waals surface area (Å²) in [5, 5.41) is 1.47. The van der Waals surface area contributed by atoms with Gasteiger partial charge in [0.2, 0.25) is 5.91 Å². The van der Waals surface area contributed by atoms with Gasteiger partial charge in [-0.3, -0.25) is 19.3 Å². The van der Waals surface area contributed by atoms with E-state index in [1.165, 1.54) is 16.2 Å². The summed E-state index contributed by atoms with van der Waals surface area (Å²) in [6.45, 7) is 0.0438. The maximum atomic E-state index is 12.5. The number of amides is 3. The smallest absolute Gasteiger partial charge is 0.294 e. The highest BCUT2D eigenvalue weighted by Gasteiger charge is 2.36. The quantitative estimate of drug-likeness (QED) is 0.693. The van der Waals surface area contributed by atoms with E-state index in [0.29, 0.717) is 17.2 Å². The van der Waals surface area contributed by atoms with Crippen LogP contribution in [0, 0.1) is 0 Å². The molecule has 0 saturated carbocycles.